The Bertz CT molecular complexity index is 282. The summed E-state index contributed by atoms with van der Waals surface area (Å²) in [5.41, 5.74) is -0.165. The minimum atomic E-state index is -0.301. The van der Waals surface area contributed by atoms with Gasteiger partial charge in [-0.05, 0) is 17.4 Å². The Morgan fingerprint density at radius 2 is 2.13 bits per heavy atom. The molecule has 0 aromatic heterocycles. The highest BCUT2D eigenvalue weighted by Crippen LogP contribution is 2.60. The Hall–Kier alpha value is -0.250. The van der Waals surface area contributed by atoms with Gasteiger partial charge in [0, 0.05) is 0 Å². The van der Waals surface area contributed by atoms with Gasteiger partial charge in [-0.3, -0.25) is 4.79 Å². The monoisotopic (exact) mass is 252 g/mol. The summed E-state index contributed by atoms with van der Waals surface area (Å²) < 4.78 is 5.03. The van der Waals surface area contributed by atoms with Crippen molar-refractivity contribution in [3.63, 3.8) is 0 Å². The van der Waals surface area contributed by atoms with Gasteiger partial charge in [0.05, 0.1) is 12.5 Å². The number of carbonyl (C=O) groups is 1. The normalized spacial score (nSPS) is 27.0. The topological polar surface area (TPSA) is 46.5 Å². The van der Waals surface area contributed by atoms with Gasteiger partial charge in [0.15, 0.2) is 0 Å². The molecule has 1 fully saturated rings. The van der Waals surface area contributed by atoms with Gasteiger partial charge in [-0.1, -0.05) is 37.0 Å². The summed E-state index contributed by atoms with van der Waals surface area (Å²) in [6, 6.07) is 0. The molecule has 1 N–H and O–H groups in total. The first kappa shape index (κ1) is 12.8. The van der Waals surface area contributed by atoms with Crippen LogP contribution in [0.3, 0.4) is 0 Å². The van der Waals surface area contributed by atoms with Crippen molar-refractivity contribution < 1.29 is 14.6 Å². The molecule has 0 heterocycles. The minimum absolute atomic E-state index is 0.0219. The van der Waals surface area contributed by atoms with Gasteiger partial charge in [0.2, 0.25) is 0 Å². The summed E-state index contributed by atoms with van der Waals surface area (Å²) >= 11 is 11.1. The molecule has 1 rings (SSSR count). The summed E-state index contributed by atoms with van der Waals surface area (Å²) in [4.78, 5) is 11.5. The highest BCUT2D eigenvalue weighted by atomic mass is 35.5. The number of carbonyl (C=O) groups excluding carboxylic acids is 1. The molecule has 0 aromatic rings. The summed E-state index contributed by atoms with van der Waals surface area (Å²) in [5, 5.41) is 8.53. The van der Waals surface area contributed by atoms with Crippen molar-refractivity contribution in [1.82, 2.24) is 0 Å². The van der Waals surface area contributed by atoms with Crippen LogP contribution >= 0.6 is 23.2 Å². The standard InChI is InChI=1S/C10H14Cl2O3/c1-10(2)6(5-7(11)12)8(10)9(14)15-4-3-13/h5-6,8,13H,3-4H2,1-2H3. The van der Waals surface area contributed by atoms with E-state index in [9.17, 15) is 4.79 Å². The summed E-state index contributed by atoms with van der Waals surface area (Å²) in [6.07, 6.45) is 1.66. The average Bonchev–Trinajstić information content (AvgIpc) is 2.63. The van der Waals surface area contributed by atoms with Crippen LogP contribution in [0, 0.1) is 17.3 Å². The van der Waals surface area contributed by atoms with Crippen molar-refractivity contribution in [3.8, 4) is 0 Å². The van der Waals surface area contributed by atoms with Gasteiger partial charge in [-0.15, -0.1) is 0 Å². The van der Waals surface area contributed by atoms with E-state index in [-0.39, 0.29) is 40.9 Å². The maximum Gasteiger partial charge on any atom is 0.310 e. The van der Waals surface area contributed by atoms with Crippen molar-refractivity contribution in [2.24, 2.45) is 17.3 Å². The predicted octanol–water partition coefficient (Wildman–Crippen LogP) is 2.11. The van der Waals surface area contributed by atoms with Crippen LogP contribution < -0.4 is 0 Å². The zero-order chi connectivity index (χ0) is 11.6. The molecule has 3 nitrogen and oxygen atoms in total. The first-order chi connectivity index (χ1) is 6.91. The van der Waals surface area contributed by atoms with E-state index in [0.717, 1.165) is 0 Å². The fourth-order valence-electron chi connectivity index (χ4n) is 1.81. The maximum atomic E-state index is 11.5. The Kier molecular flexibility index (Phi) is 4.04. The SMILES string of the molecule is CC1(C)C(C=C(Cl)Cl)C1C(=O)OCCO. The number of halogens is 2. The zero-order valence-corrected chi connectivity index (χ0v) is 10.2. The minimum Gasteiger partial charge on any atom is -0.463 e. The predicted molar refractivity (Wildman–Crippen MR) is 58.6 cm³/mol. The van der Waals surface area contributed by atoms with E-state index in [1.807, 2.05) is 13.8 Å². The van der Waals surface area contributed by atoms with E-state index < -0.39 is 0 Å². The second kappa shape index (κ2) is 4.73. The van der Waals surface area contributed by atoms with Crippen molar-refractivity contribution in [2.75, 3.05) is 13.2 Å². The molecule has 1 aliphatic carbocycles. The molecular formula is C10H14Cl2O3. The van der Waals surface area contributed by atoms with Crippen LogP contribution in [0.4, 0.5) is 0 Å². The van der Waals surface area contributed by atoms with Crippen molar-refractivity contribution in [1.29, 1.82) is 0 Å². The highest BCUT2D eigenvalue weighted by molar-refractivity contribution is 6.55. The molecule has 0 saturated heterocycles. The van der Waals surface area contributed by atoms with Crippen LogP contribution in [-0.4, -0.2) is 24.3 Å². The lowest BCUT2D eigenvalue weighted by Gasteiger charge is -2.02. The van der Waals surface area contributed by atoms with Gasteiger partial charge in [0.1, 0.15) is 11.1 Å². The van der Waals surface area contributed by atoms with Crippen LogP contribution in [0.5, 0.6) is 0 Å². The fourth-order valence-corrected chi connectivity index (χ4v) is 2.08. The Labute approximate surface area is 99.0 Å². The van der Waals surface area contributed by atoms with Gasteiger partial charge in [0.25, 0.3) is 0 Å². The first-order valence-corrected chi connectivity index (χ1v) is 5.47. The number of allylic oxidation sites excluding steroid dienone is 1. The number of aliphatic hydroxyl groups is 1. The molecule has 1 aliphatic rings. The molecule has 0 amide bonds. The fraction of sp³-hybridized carbons (Fsp3) is 0.700. The number of hydrogen-bond acceptors (Lipinski definition) is 3. The lowest BCUT2D eigenvalue weighted by Crippen LogP contribution is -2.13. The maximum absolute atomic E-state index is 11.5. The molecule has 5 heteroatoms. The number of hydrogen-bond donors (Lipinski definition) is 1. The van der Waals surface area contributed by atoms with Gasteiger partial charge in [-0.2, -0.15) is 0 Å². The van der Waals surface area contributed by atoms with Gasteiger partial charge >= 0.3 is 5.97 Å². The molecule has 1 saturated carbocycles. The van der Waals surface area contributed by atoms with Gasteiger partial charge in [-0.25, -0.2) is 0 Å². The van der Waals surface area contributed by atoms with Crippen LogP contribution in [0.1, 0.15) is 13.8 Å². The molecule has 86 valence electrons. The van der Waals surface area contributed by atoms with Crippen LogP contribution in [0.15, 0.2) is 10.6 Å². The van der Waals surface area contributed by atoms with E-state index in [0.29, 0.717) is 0 Å². The van der Waals surface area contributed by atoms with Crippen molar-refractivity contribution >= 4 is 29.2 Å². The number of esters is 1. The largest absolute Gasteiger partial charge is 0.463 e. The molecule has 0 aromatic carbocycles. The third kappa shape index (κ3) is 2.86. The Morgan fingerprint density at radius 3 is 2.60 bits per heavy atom. The smallest absolute Gasteiger partial charge is 0.310 e. The molecule has 0 bridgehead atoms. The molecule has 2 unspecified atom stereocenters. The highest BCUT2D eigenvalue weighted by Gasteiger charge is 2.61. The molecule has 0 spiro atoms. The zero-order valence-electron chi connectivity index (χ0n) is 8.67. The number of aliphatic hydroxyl groups excluding tert-OH is 1. The first-order valence-electron chi connectivity index (χ1n) is 4.71. The summed E-state index contributed by atoms with van der Waals surface area (Å²) in [6.45, 7) is 3.79. The quantitative estimate of drug-likeness (QED) is 0.780. The third-order valence-corrected chi connectivity index (χ3v) is 3.06. The van der Waals surface area contributed by atoms with E-state index in [2.05, 4.69) is 0 Å². The van der Waals surface area contributed by atoms with Crippen molar-refractivity contribution in [3.05, 3.63) is 10.6 Å². The van der Waals surface area contributed by atoms with E-state index >= 15 is 0 Å². The van der Waals surface area contributed by atoms with E-state index in [1.54, 1.807) is 6.08 Å². The molecule has 15 heavy (non-hydrogen) atoms. The number of ether oxygens (including phenoxy) is 1. The summed E-state index contributed by atoms with van der Waals surface area (Å²) in [5.74, 6) is -0.491. The van der Waals surface area contributed by atoms with Crippen molar-refractivity contribution in [2.45, 2.75) is 13.8 Å². The average molecular weight is 253 g/mol. The van der Waals surface area contributed by atoms with Crippen LogP contribution in [0.2, 0.25) is 0 Å². The van der Waals surface area contributed by atoms with Crippen LogP contribution in [0.25, 0.3) is 0 Å². The molecular weight excluding hydrogens is 239 g/mol. The molecule has 0 radical (unpaired) electrons. The third-order valence-electron chi connectivity index (χ3n) is 2.81. The van der Waals surface area contributed by atoms with Crippen LogP contribution in [-0.2, 0) is 9.53 Å². The van der Waals surface area contributed by atoms with E-state index in [1.165, 1.54) is 0 Å². The molecule has 2 atom stereocenters. The van der Waals surface area contributed by atoms with E-state index in [4.69, 9.17) is 33.0 Å². The Balaban J connectivity index is 2.58. The Morgan fingerprint density at radius 1 is 1.53 bits per heavy atom. The summed E-state index contributed by atoms with van der Waals surface area (Å²) in [7, 11) is 0. The van der Waals surface area contributed by atoms with Gasteiger partial charge < -0.3 is 9.84 Å². The number of rotatable bonds is 4. The second-order valence-electron chi connectivity index (χ2n) is 4.17. The lowest BCUT2D eigenvalue weighted by molar-refractivity contribution is -0.147. The second-order valence-corrected chi connectivity index (χ2v) is 5.18. The lowest BCUT2D eigenvalue weighted by atomic mass is 10.1. The molecule has 0 aliphatic heterocycles.